The van der Waals surface area contributed by atoms with E-state index in [-0.39, 0.29) is 60.6 Å². The number of carbonyl (C=O) groups is 5. The summed E-state index contributed by atoms with van der Waals surface area (Å²) in [5.74, 6) is -5.81. The molecule has 18 atom stereocenters. The molecule has 8 N–H and O–H groups in total. The Kier molecular flexibility index (Phi) is 22.5. The van der Waals surface area contributed by atoms with Gasteiger partial charge in [-0.25, -0.2) is 5.43 Å². The molecule has 0 aliphatic carbocycles. The first-order valence-corrected chi connectivity index (χ1v) is 29.0. The average Bonchev–Trinajstić information content (AvgIpc) is 3.55. The third kappa shape index (κ3) is 15.7. The molecule has 4 saturated heterocycles. The number of allylic oxidation sites excluding steroid dienone is 5. The number of hydrogen-bond donors (Lipinski definition) is 8. The molecule has 4 amide bonds. The summed E-state index contributed by atoms with van der Waals surface area (Å²) in [5, 5.41) is 55.2. The third-order valence-electron chi connectivity index (χ3n) is 17.8. The topological polar surface area (TPSA) is 255 Å². The number of phenols is 1. The predicted octanol–water partition coefficient (Wildman–Crippen LogP) is 6.22. The number of ether oxygens (including phenoxy) is 4. The molecule has 18 heteroatoms. The SMILES string of the molecule is CC[C@H]1C[C@H](C)[C@@]2(NC1=O)O[C@@H](C[C@H](O)[C@@H](C)CCC=CC=C(C)[C@@H]1CC=CC=C[C@H](O)[C@H](C)[C@H]3O[C@](C)(OC)CC[C@H]3C(=O)N[C@@H](C(C)C)C(=O)N[C@@H](Cc3cccc(O)c3)C(=O)N3CCCC(N3)C(=O)O1)[C@H](C)[C@H](O)[C@@H]2C. The Bertz CT molecular complexity index is 2380. The van der Waals surface area contributed by atoms with Crippen LogP contribution in [0.4, 0.5) is 0 Å². The lowest BCUT2D eigenvalue weighted by atomic mass is 9.69. The number of hydrogen-bond acceptors (Lipinski definition) is 14. The van der Waals surface area contributed by atoms with Gasteiger partial charge in [0.15, 0.2) is 5.79 Å². The first-order chi connectivity index (χ1) is 37.4. The maximum absolute atomic E-state index is 14.6. The molecule has 1 unspecified atom stereocenters. The second-order valence-corrected chi connectivity index (χ2v) is 23.9. The molecular formula is C61H93N5O13. The number of methoxy groups -OCH3 is 1. The van der Waals surface area contributed by atoms with E-state index >= 15 is 0 Å². The van der Waals surface area contributed by atoms with Crippen molar-refractivity contribution in [3.63, 3.8) is 0 Å². The van der Waals surface area contributed by atoms with Crippen LogP contribution in [0.3, 0.4) is 0 Å². The Morgan fingerprint density at radius 2 is 1.72 bits per heavy atom. The lowest BCUT2D eigenvalue weighted by Crippen LogP contribution is -2.71. The number of carbonyl (C=O) groups excluding carboxylic acids is 5. The summed E-state index contributed by atoms with van der Waals surface area (Å²) in [6.45, 7) is 19.2. The first kappa shape index (κ1) is 63.2. The van der Waals surface area contributed by atoms with Crippen LogP contribution < -0.4 is 21.4 Å². The van der Waals surface area contributed by atoms with Gasteiger partial charge in [0.1, 0.15) is 35.7 Å². The van der Waals surface area contributed by atoms with Crippen molar-refractivity contribution in [1.29, 1.82) is 0 Å². The average molecular weight is 1100 g/mol. The predicted molar refractivity (Wildman–Crippen MR) is 299 cm³/mol. The maximum Gasteiger partial charge on any atom is 0.325 e. The van der Waals surface area contributed by atoms with E-state index in [9.17, 15) is 44.4 Å². The highest BCUT2D eigenvalue weighted by atomic mass is 16.7. The Hall–Kier alpha value is -4.95. The van der Waals surface area contributed by atoms with Crippen LogP contribution in [0.2, 0.25) is 0 Å². The zero-order chi connectivity index (χ0) is 57.9. The van der Waals surface area contributed by atoms with E-state index in [1.54, 1.807) is 58.1 Å². The molecule has 18 nitrogen and oxygen atoms in total. The zero-order valence-electron chi connectivity index (χ0n) is 48.6. The number of piperidine rings is 1. The van der Waals surface area contributed by atoms with Crippen LogP contribution in [-0.4, -0.2) is 135 Å². The Balaban J connectivity index is 1.20. The van der Waals surface area contributed by atoms with Gasteiger partial charge >= 0.3 is 5.97 Å². The number of aliphatic hydroxyl groups excluding tert-OH is 3. The van der Waals surface area contributed by atoms with Crippen molar-refractivity contribution in [2.45, 2.75) is 206 Å². The van der Waals surface area contributed by atoms with E-state index in [1.807, 2.05) is 58.9 Å². The van der Waals surface area contributed by atoms with E-state index in [2.05, 4.69) is 28.3 Å². The van der Waals surface area contributed by atoms with E-state index in [4.69, 9.17) is 18.9 Å². The molecule has 0 saturated carbocycles. The van der Waals surface area contributed by atoms with Crippen molar-refractivity contribution in [1.82, 2.24) is 26.4 Å². The number of esters is 1. The zero-order valence-corrected chi connectivity index (χ0v) is 48.6. The van der Waals surface area contributed by atoms with Gasteiger partial charge in [-0.15, -0.1) is 0 Å². The lowest BCUT2D eigenvalue weighted by molar-refractivity contribution is -0.280. The summed E-state index contributed by atoms with van der Waals surface area (Å²) in [6.07, 6.45) is 13.0. The van der Waals surface area contributed by atoms with Gasteiger partial charge in [0, 0.05) is 68.9 Å². The van der Waals surface area contributed by atoms with Crippen LogP contribution in [0.25, 0.3) is 0 Å². The molecule has 79 heavy (non-hydrogen) atoms. The fourth-order valence-corrected chi connectivity index (χ4v) is 12.1. The highest BCUT2D eigenvalue weighted by Crippen LogP contribution is 2.46. The minimum absolute atomic E-state index is 0.00586. The van der Waals surface area contributed by atoms with Crippen LogP contribution in [0.15, 0.2) is 72.4 Å². The third-order valence-corrected chi connectivity index (χ3v) is 17.8. The fraction of sp³-hybridized carbons (Fsp3) is 0.689. The van der Waals surface area contributed by atoms with Crippen LogP contribution in [0, 0.1) is 47.3 Å². The summed E-state index contributed by atoms with van der Waals surface area (Å²) in [5.41, 5.74) is 3.39. The summed E-state index contributed by atoms with van der Waals surface area (Å²) in [4.78, 5) is 70.6. The van der Waals surface area contributed by atoms with Crippen molar-refractivity contribution in [3.8, 4) is 5.75 Å². The highest BCUT2D eigenvalue weighted by molar-refractivity contribution is 5.93. The van der Waals surface area contributed by atoms with Crippen molar-refractivity contribution in [2.24, 2.45) is 47.3 Å². The van der Waals surface area contributed by atoms with Crippen molar-refractivity contribution in [2.75, 3.05) is 13.7 Å². The monoisotopic (exact) mass is 1100 g/mol. The molecule has 1 aromatic carbocycles. The Labute approximate surface area is 468 Å². The summed E-state index contributed by atoms with van der Waals surface area (Å²) in [7, 11) is 1.53. The number of fused-ring (bicyclic) bond motifs is 3. The fourth-order valence-electron chi connectivity index (χ4n) is 12.1. The van der Waals surface area contributed by atoms with E-state index < -0.39 is 108 Å². The number of benzene rings is 1. The molecule has 0 aromatic heterocycles. The summed E-state index contributed by atoms with van der Waals surface area (Å²) >= 11 is 0. The molecule has 5 aliphatic rings. The largest absolute Gasteiger partial charge is 0.508 e. The van der Waals surface area contributed by atoms with Crippen molar-refractivity contribution >= 4 is 29.6 Å². The Morgan fingerprint density at radius 3 is 2.42 bits per heavy atom. The second kappa shape index (κ2) is 28.2. The van der Waals surface area contributed by atoms with Gasteiger partial charge in [-0.1, -0.05) is 110 Å². The van der Waals surface area contributed by atoms with E-state index in [1.165, 1.54) is 24.3 Å². The minimum atomic E-state index is -1.17. The van der Waals surface area contributed by atoms with Crippen LogP contribution in [0.5, 0.6) is 5.75 Å². The molecule has 0 radical (unpaired) electrons. The molecular weight excluding hydrogens is 1010 g/mol. The number of nitrogens with zero attached hydrogens (tertiary/aromatic N) is 1. The second-order valence-electron chi connectivity index (χ2n) is 23.9. The number of aromatic hydroxyl groups is 1. The van der Waals surface area contributed by atoms with Crippen LogP contribution in [-0.2, 0) is 49.3 Å². The van der Waals surface area contributed by atoms with Crippen molar-refractivity contribution in [3.05, 3.63) is 77.9 Å². The standard InChI is InChI=1S/C61H93N5O13/c1-12-43-31-38(6)61(64-55(43)71)41(9)53(70)40(8)51(78-61)34-49(69)36(4)21-15-13-16-22-37(5)50-27-18-14-17-26-48(68)39(7)54-45(28-29-60(10,76-11)79-54)56(72)63-52(35(2)3)57(73)62-47(33-42-23-19-24-44(67)32-42)58(74)66-30-20-25-46(65-66)59(75)77-50/h13-14,16-19,22-24,26,32,35-36,38-41,43,45-54,65,67-70H,12,15,20-21,25,27-31,33-34H2,1-11H3,(H,62,73)(H,63,72)(H,64,71)/t36-,38-,39-,40-,41-,43-,45+,46?,47-,48-,49-,50-,51-,52-,53-,54+,60-,61+/m0/s1. The Morgan fingerprint density at radius 1 is 0.975 bits per heavy atom. The smallest absolute Gasteiger partial charge is 0.325 e. The molecule has 1 spiro atoms. The number of hydrazine groups is 1. The van der Waals surface area contributed by atoms with E-state index in [0.29, 0.717) is 56.9 Å². The van der Waals surface area contributed by atoms with Crippen LogP contribution >= 0.6 is 0 Å². The molecule has 6 rings (SSSR count). The van der Waals surface area contributed by atoms with Gasteiger partial charge in [-0.05, 0) is 93.9 Å². The van der Waals surface area contributed by atoms with Gasteiger partial charge in [0.25, 0.3) is 5.91 Å². The van der Waals surface area contributed by atoms with Gasteiger partial charge in [-0.2, -0.15) is 0 Å². The molecule has 4 fully saturated rings. The first-order valence-electron chi connectivity index (χ1n) is 29.0. The number of rotatable bonds is 13. The highest BCUT2D eigenvalue weighted by Gasteiger charge is 2.57. The van der Waals surface area contributed by atoms with Crippen LogP contribution in [0.1, 0.15) is 139 Å². The molecule has 5 aliphatic heterocycles. The lowest BCUT2D eigenvalue weighted by Gasteiger charge is -2.56. The molecule has 2 bridgehead atoms. The van der Waals surface area contributed by atoms with Gasteiger partial charge < -0.3 is 55.3 Å². The minimum Gasteiger partial charge on any atom is -0.508 e. The maximum atomic E-state index is 14.6. The summed E-state index contributed by atoms with van der Waals surface area (Å²) < 4.78 is 25.2. The normalized spacial score (nSPS) is 36.6. The van der Waals surface area contributed by atoms with Gasteiger partial charge in [0.05, 0.1) is 36.4 Å². The molecule has 5 heterocycles. The van der Waals surface area contributed by atoms with Gasteiger partial charge in [-0.3, -0.25) is 29.0 Å². The van der Waals surface area contributed by atoms with Crippen molar-refractivity contribution < 1.29 is 63.3 Å². The number of nitrogens with one attached hydrogen (secondary N) is 4. The van der Waals surface area contributed by atoms with Gasteiger partial charge in [0.2, 0.25) is 17.7 Å². The van der Waals surface area contributed by atoms with E-state index in [0.717, 1.165) is 12.0 Å². The molecule has 1 aromatic rings. The molecule has 440 valence electrons. The quantitative estimate of drug-likeness (QED) is 0.0807. The number of amides is 4. The summed E-state index contributed by atoms with van der Waals surface area (Å²) in [6, 6.07) is 3.25. The number of phenolic OH excluding ortho intramolecular Hbond substituents is 1. The number of aliphatic hydroxyl groups is 3. The number of cyclic esters (lactones) is 1.